The number of hydrogen-bond acceptors (Lipinski definition) is 7. The van der Waals surface area contributed by atoms with Gasteiger partial charge < -0.3 is 14.2 Å². The second kappa shape index (κ2) is 9.24. The molecule has 0 amide bonds. The van der Waals surface area contributed by atoms with Gasteiger partial charge in [0.05, 0.1) is 27.4 Å². The maximum absolute atomic E-state index is 13.5. The average molecular weight is 467 g/mol. The van der Waals surface area contributed by atoms with Crippen LogP contribution in [0.1, 0.15) is 43.5 Å². The van der Waals surface area contributed by atoms with E-state index in [1.54, 1.807) is 23.8 Å². The van der Waals surface area contributed by atoms with Crippen molar-refractivity contribution in [2.24, 2.45) is 0 Å². The predicted molar refractivity (Wildman–Crippen MR) is 117 cm³/mol. The Labute approximate surface area is 187 Å². The molecular weight excluding hydrogens is 436 g/mol. The Morgan fingerprint density at radius 1 is 1.12 bits per heavy atom. The number of benzene rings is 1. The lowest BCUT2D eigenvalue weighted by molar-refractivity contribution is 0.182. The molecule has 2 fully saturated rings. The third-order valence-corrected chi connectivity index (χ3v) is 7.94. The van der Waals surface area contributed by atoms with Crippen LogP contribution in [0, 0.1) is 0 Å². The zero-order valence-corrected chi connectivity index (χ0v) is 19.5. The molecule has 176 valence electrons. The molecule has 0 radical (unpaired) electrons. The molecule has 1 atom stereocenters. The SMILES string of the molecule is COCCn1nc(C2CCCN(S(=O)(=O)c3cc(OC)ccc3OC)C2)n(C2CC2)c1=O. The van der Waals surface area contributed by atoms with Crippen molar-refractivity contribution in [3.05, 3.63) is 34.5 Å². The smallest absolute Gasteiger partial charge is 0.346 e. The minimum absolute atomic E-state index is 0.0743. The monoisotopic (exact) mass is 466 g/mol. The average Bonchev–Trinajstić information content (AvgIpc) is 3.60. The van der Waals surface area contributed by atoms with E-state index in [0.29, 0.717) is 37.7 Å². The largest absolute Gasteiger partial charge is 0.497 e. The minimum atomic E-state index is -3.83. The summed E-state index contributed by atoms with van der Waals surface area (Å²) in [6.45, 7) is 1.42. The van der Waals surface area contributed by atoms with Gasteiger partial charge >= 0.3 is 5.69 Å². The Balaban J connectivity index is 1.65. The number of aromatic nitrogens is 3. The van der Waals surface area contributed by atoms with E-state index < -0.39 is 10.0 Å². The first kappa shape index (κ1) is 22.8. The number of ether oxygens (including phenoxy) is 3. The molecule has 1 unspecified atom stereocenters. The van der Waals surface area contributed by atoms with Crippen LogP contribution in [0.3, 0.4) is 0 Å². The fraction of sp³-hybridized carbons (Fsp3) is 0.619. The van der Waals surface area contributed by atoms with Crippen molar-refractivity contribution in [3.8, 4) is 11.5 Å². The van der Waals surface area contributed by atoms with E-state index in [9.17, 15) is 13.2 Å². The van der Waals surface area contributed by atoms with Gasteiger partial charge in [0.2, 0.25) is 10.0 Å². The molecule has 10 nitrogen and oxygen atoms in total. The lowest BCUT2D eigenvalue weighted by atomic mass is 9.99. The van der Waals surface area contributed by atoms with Crippen LogP contribution < -0.4 is 15.2 Å². The summed E-state index contributed by atoms with van der Waals surface area (Å²) in [7, 11) is 0.694. The van der Waals surface area contributed by atoms with Gasteiger partial charge in [-0.2, -0.15) is 9.40 Å². The van der Waals surface area contributed by atoms with E-state index in [1.165, 1.54) is 29.3 Å². The fourth-order valence-electron chi connectivity index (χ4n) is 4.21. The molecule has 0 bridgehead atoms. The van der Waals surface area contributed by atoms with Crippen molar-refractivity contribution in [1.82, 2.24) is 18.7 Å². The molecule has 0 N–H and O–H groups in total. The van der Waals surface area contributed by atoms with Crippen molar-refractivity contribution in [2.75, 3.05) is 41.0 Å². The van der Waals surface area contributed by atoms with Crippen molar-refractivity contribution >= 4 is 10.0 Å². The standard InChI is InChI=1S/C21H30N4O6S/c1-29-12-11-24-21(26)25(16-6-7-16)20(22-24)15-5-4-10-23(14-15)32(27,28)19-13-17(30-2)8-9-18(19)31-3/h8-9,13,15-16H,4-7,10-12,14H2,1-3H3. The van der Waals surface area contributed by atoms with Gasteiger partial charge in [0.25, 0.3) is 0 Å². The number of methoxy groups -OCH3 is 3. The highest BCUT2D eigenvalue weighted by atomic mass is 32.2. The lowest BCUT2D eigenvalue weighted by Crippen LogP contribution is -2.40. The van der Waals surface area contributed by atoms with Gasteiger partial charge in [0.1, 0.15) is 22.2 Å². The van der Waals surface area contributed by atoms with E-state index in [-0.39, 0.29) is 34.8 Å². The third kappa shape index (κ3) is 4.28. The summed E-state index contributed by atoms with van der Waals surface area (Å²) < 4.78 is 47.4. The van der Waals surface area contributed by atoms with E-state index in [1.807, 2.05) is 0 Å². The Morgan fingerprint density at radius 2 is 1.91 bits per heavy atom. The van der Waals surface area contributed by atoms with Gasteiger partial charge in [-0.15, -0.1) is 0 Å². The van der Waals surface area contributed by atoms with Crippen molar-refractivity contribution in [3.63, 3.8) is 0 Å². The topological polar surface area (TPSA) is 105 Å². The first-order valence-corrected chi connectivity index (χ1v) is 12.2. The van der Waals surface area contributed by atoms with Gasteiger partial charge in [0, 0.05) is 38.2 Å². The van der Waals surface area contributed by atoms with Gasteiger partial charge in [0.15, 0.2) is 0 Å². The second-order valence-electron chi connectivity index (χ2n) is 8.18. The number of sulfonamides is 1. The van der Waals surface area contributed by atoms with Crippen LogP contribution in [-0.4, -0.2) is 68.1 Å². The van der Waals surface area contributed by atoms with Gasteiger partial charge in [-0.25, -0.2) is 17.9 Å². The highest BCUT2D eigenvalue weighted by Crippen LogP contribution is 2.38. The second-order valence-corrected chi connectivity index (χ2v) is 10.1. The summed E-state index contributed by atoms with van der Waals surface area (Å²) in [6.07, 6.45) is 3.34. The molecule has 32 heavy (non-hydrogen) atoms. The zero-order chi connectivity index (χ0) is 22.9. The van der Waals surface area contributed by atoms with Crippen molar-refractivity contribution < 1.29 is 22.6 Å². The molecule has 1 aromatic carbocycles. The van der Waals surface area contributed by atoms with E-state index in [4.69, 9.17) is 14.2 Å². The van der Waals surface area contributed by atoms with Crippen molar-refractivity contribution in [1.29, 1.82) is 0 Å². The van der Waals surface area contributed by atoms with Crippen LogP contribution in [0.4, 0.5) is 0 Å². The highest BCUT2D eigenvalue weighted by Gasteiger charge is 2.38. The van der Waals surface area contributed by atoms with Crippen LogP contribution in [-0.2, 0) is 21.3 Å². The van der Waals surface area contributed by atoms with Gasteiger partial charge in [-0.1, -0.05) is 0 Å². The quantitative estimate of drug-likeness (QED) is 0.553. The summed E-state index contributed by atoms with van der Waals surface area (Å²) in [6, 6.07) is 4.89. The van der Waals surface area contributed by atoms with Gasteiger partial charge in [-0.3, -0.25) is 4.57 Å². The molecule has 1 saturated carbocycles. The molecule has 1 aliphatic heterocycles. The number of piperidine rings is 1. The Kier molecular flexibility index (Phi) is 6.59. The van der Waals surface area contributed by atoms with Crippen LogP contribution in [0.25, 0.3) is 0 Å². The lowest BCUT2D eigenvalue weighted by Gasteiger charge is -2.32. The summed E-state index contributed by atoms with van der Waals surface area (Å²) in [5.74, 6) is 1.22. The molecule has 2 aromatic rings. The van der Waals surface area contributed by atoms with E-state index in [2.05, 4.69) is 5.10 Å². The fourth-order valence-corrected chi connectivity index (χ4v) is 5.91. The normalized spacial score (nSPS) is 19.8. The molecule has 0 spiro atoms. The first-order valence-electron chi connectivity index (χ1n) is 10.8. The zero-order valence-electron chi connectivity index (χ0n) is 18.7. The first-order chi connectivity index (χ1) is 15.4. The summed E-state index contributed by atoms with van der Waals surface area (Å²) in [4.78, 5) is 13.0. The van der Waals surface area contributed by atoms with Crippen LogP contribution >= 0.6 is 0 Å². The van der Waals surface area contributed by atoms with Crippen LogP contribution in [0.15, 0.2) is 27.9 Å². The summed E-state index contributed by atoms with van der Waals surface area (Å²) in [5.41, 5.74) is -0.144. The molecule has 4 rings (SSSR count). The van der Waals surface area contributed by atoms with E-state index in [0.717, 1.165) is 19.3 Å². The van der Waals surface area contributed by atoms with Crippen LogP contribution in [0.5, 0.6) is 11.5 Å². The number of rotatable bonds is 9. The van der Waals surface area contributed by atoms with Crippen molar-refractivity contribution in [2.45, 2.75) is 49.1 Å². The number of hydrogen-bond donors (Lipinski definition) is 0. The maximum Gasteiger partial charge on any atom is 0.346 e. The Bertz CT molecular complexity index is 1120. The molecule has 2 heterocycles. The van der Waals surface area contributed by atoms with E-state index >= 15 is 0 Å². The Morgan fingerprint density at radius 3 is 2.56 bits per heavy atom. The Hall–Kier alpha value is -2.37. The summed E-state index contributed by atoms with van der Waals surface area (Å²) >= 11 is 0. The minimum Gasteiger partial charge on any atom is -0.497 e. The highest BCUT2D eigenvalue weighted by molar-refractivity contribution is 7.89. The maximum atomic E-state index is 13.5. The molecule has 1 aromatic heterocycles. The molecule has 11 heteroatoms. The van der Waals surface area contributed by atoms with Crippen LogP contribution in [0.2, 0.25) is 0 Å². The molecular formula is C21H30N4O6S. The van der Waals surface area contributed by atoms with Gasteiger partial charge in [-0.05, 0) is 37.8 Å². The molecule has 1 aliphatic carbocycles. The number of nitrogens with zero attached hydrogens (tertiary/aromatic N) is 4. The summed E-state index contributed by atoms with van der Waals surface area (Å²) in [5, 5.41) is 4.60. The predicted octanol–water partition coefficient (Wildman–Crippen LogP) is 1.61. The molecule has 2 aliphatic rings. The molecule has 1 saturated heterocycles. The third-order valence-electron chi connectivity index (χ3n) is 6.05.